The summed E-state index contributed by atoms with van der Waals surface area (Å²) in [6.45, 7) is 1.01. The van der Waals surface area contributed by atoms with Crippen LogP contribution < -0.4 is 20.1 Å². The summed E-state index contributed by atoms with van der Waals surface area (Å²) >= 11 is 0. The Bertz CT molecular complexity index is 973. The van der Waals surface area contributed by atoms with Gasteiger partial charge < -0.3 is 24.7 Å². The van der Waals surface area contributed by atoms with Gasteiger partial charge in [0, 0.05) is 42.5 Å². The van der Waals surface area contributed by atoms with Gasteiger partial charge in [0.1, 0.15) is 17.3 Å². The number of carbonyl (C=O) groups is 1. The Morgan fingerprint density at radius 1 is 1.00 bits per heavy atom. The molecule has 7 nitrogen and oxygen atoms in total. The third kappa shape index (κ3) is 3.64. The second-order valence-corrected chi connectivity index (χ2v) is 6.57. The summed E-state index contributed by atoms with van der Waals surface area (Å²) in [5, 5.41) is 5.63. The number of carbonyl (C=O) groups excluding carboxylic acids is 1. The van der Waals surface area contributed by atoms with Gasteiger partial charge in [-0.05, 0) is 24.1 Å². The zero-order valence-corrected chi connectivity index (χ0v) is 15.9. The van der Waals surface area contributed by atoms with Crippen LogP contribution in [0.4, 0.5) is 16.2 Å². The van der Waals surface area contributed by atoms with Crippen molar-refractivity contribution < 1.29 is 14.3 Å². The molecule has 0 unspecified atom stereocenters. The van der Waals surface area contributed by atoms with E-state index in [-0.39, 0.29) is 6.03 Å². The summed E-state index contributed by atoms with van der Waals surface area (Å²) in [5.41, 5.74) is 3.49. The number of urea groups is 1. The fraction of sp³-hybridized carbons (Fsp3) is 0.238. The van der Waals surface area contributed by atoms with E-state index < -0.39 is 0 Å². The molecule has 2 N–H and O–H groups in total. The lowest BCUT2D eigenvalue weighted by atomic mass is 10.1. The van der Waals surface area contributed by atoms with E-state index in [9.17, 15) is 4.79 Å². The number of ether oxygens (including phenoxy) is 2. The van der Waals surface area contributed by atoms with Crippen molar-refractivity contribution in [3.8, 4) is 22.8 Å². The molecule has 0 atom stereocenters. The number of hydrogen-bond acceptors (Lipinski definition) is 4. The molecule has 0 aliphatic carbocycles. The van der Waals surface area contributed by atoms with Gasteiger partial charge in [-0.3, -0.25) is 0 Å². The Labute approximate surface area is 163 Å². The van der Waals surface area contributed by atoms with Crippen molar-refractivity contribution in [1.82, 2.24) is 9.55 Å². The molecule has 0 spiro atoms. The molecule has 0 bridgehead atoms. The van der Waals surface area contributed by atoms with E-state index in [4.69, 9.17) is 9.47 Å². The van der Waals surface area contributed by atoms with Crippen LogP contribution in [0.3, 0.4) is 0 Å². The summed E-state index contributed by atoms with van der Waals surface area (Å²) < 4.78 is 12.7. The van der Waals surface area contributed by atoms with Crippen LogP contribution in [-0.2, 0) is 13.0 Å². The number of methoxy groups -OCH3 is 2. The molecular formula is C21H22N4O3. The van der Waals surface area contributed by atoms with E-state index >= 15 is 0 Å². The van der Waals surface area contributed by atoms with E-state index in [0.29, 0.717) is 22.9 Å². The lowest BCUT2D eigenvalue weighted by Crippen LogP contribution is -2.19. The fourth-order valence-corrected chi connectivity index (χ4v) is 3.39. The Hall–Kier alpha value is -3.48. The Morgan fingerprint density at radius 2 is 1.68 bits per heavy atom. The number of nitrogens with one attached hydrogen (secondary N) is 2. The molecule has 0 saturated carbocycles. The fourth-order valence-electron chi connectivity index (χ4n) is 3.39. The number of anilines is 2. The van der Waals surface area contributed by atoms with E-state index in [1.807, 2.05) is 30.5 Å². The normalized spacial score (nSPS) is 12.4. The Kier molecular flexibility index (Phi) is 4.89. The van der Waals surface area contributed by atoms with Crippen LogP contribution in [0, 0.1) is 0 Å². The van der Waals surface area contributed by atoms with Crippen LogP contribution in [0.25, 0.3) is 11.3 Å². The van der Waals surface area contributed by atoms with Crippen LogP contribution in [0.1, 0.15) is 12.2 Å². The van der Waals surface area contributed by atoms with Crippen LogP contribution in [0.2, 0.25) is 0 Å². The molecule has 0 saturated heterocycles. The second-order valence-electron chi connectivity index (χ2n) is 6.57. The zero-order chi connectivity index (χ0) is 19.5. The number of aromatic nitrogens is 2. The van der Waals surface area contributed by atoms with Gasteiger partial charge in [-0.1, -0.05) is 12.1 Å². The Balaban J connectivity index is 1.44. The second kappa shape index (κ2) is 7.64. The summed E-state index contributed by atoms with van der Waals surface area (Å²) in [6, 6.07) is 12.6. The standard InChI is InChI=1S/C21H22N4O3/c1-27-17-10-16(11-18(12-17)28-2)24-21(26)23-15-7-5-14(6-8-15)19-13-22-20-4-3-9-25(19)20/h5-8,10-13H,3-4,9H2,1-2H3,(H2,23,24,26). The van der Waals surface area contributed by atoms with Gasteiger partial charge in [0.15, 0.2) is 0 Å². The maximum atomic E-state index is 12.3. The average Bonchev–Trinajstić information content (AvgIpc) is 3.32. The van der Waals surface area contributed by atoms with Gasteiger partial charge in [-0.25, -0.2) is 9.78 Å². The number of nitrogens with zero attached hydrogens (tertiary/aromatic N) is 2. The molecule has 1 aliphatic heterocycles. The smallest absolute Gasteiger partial charge is 0.323 e. The predicted octanol–water partition coefficient (Wildman–Crippen LogP) is 4.16. The third-order valence-electron chi connectivity index (χ3n) is 4.77. The van der Waals surface area contributed by atoms with Gasteiger partial charge in [-0.2, -0.15) is 0 Å². The van der Waals surface area contributed by atoms with Crippen LogP contribution >= 0.6 is 0 Å². The first kappa shape index (κ1) is 17.9. The predicted molar refractivity (Wildman–Crippen MR) is 108 cm³/mol. The number of fused-ring (bicyclic) bond motifs is 1. The molecule has 28 heavy (non-hydrogen) atoms. The Morgan fingerprint density at radius 3 is 2.36 bits per heavy atom. The van der Waals surface area contributed by atoms with Crippen LogP contribution in [0.5, 0.6) is 11.5 Å². The highest BCUT2D eigenvalue weighted by molar-refractivity contribution is 6.00. The minimum Gasteiger partial charge on any atom is -0.497 e. The number of amides is 2. The van der Waals surface area contributed by atoms with Gasteiger partial charge in [0.25, 0.3) is 0 Å². The first-order valence-electron chi connectivity index (χ1n) is 9.12. The molecule has 0 radical (unpaired) electrons. The molecule has 1 aliphatic rings. The molecule has 1 aromatic heterocycles. The largest absolute Gasteiger partial charge is 0.497 e. The molecule has 2 aromatic carbocycles. The van der Waals surface area contributed by atoms with Gasteiger partial charge in [0.05, 0.1) is 26.1 Å². The highest BCUT2D eigenvalue weighted by Gasteiger charge is 2.16. The maximum Gasteiger partial charge on any atom is 0.323 e. The molecule has 0 fully saturated rings. The van der Waals surface area contributed by atoms with Crippen molar-refractivity contribution in [2.24, 2.45) is 0 Å². The van der Waals surface area contributed by atoms with Crippen molar-refractivity contribution in [3.05, 3.63) is 54.5 Å². The molecule has 3 aromatic rings. The van der Waals surface area contributed by atoms with Gasteiger partial charge >= 0.3 is 6.03 Å². The van der Waals surface area contributed by atoms with Crippen LogP contribution in [-0.4, -0.2) is 29.8 Å². The quantitative estimate of drug-likeness (QED) is 0.699. The van der Waals surface area contributed by atoms with Gasteiger partial charge in [-0.15, -0.1) is 0 Å². The molecule has 2 amide bonds. The van der Waals surface area contributed by atoms with E-state index in [1.165, 1.54) is 0 Å². The lowest BCUT2D eigenvalue weighted by Gasteiger charge is -2.11. The number of hydrogen-bond donors (Lipinski definition) is 2. The number of aryl methyl sites for hydroxylation is 1. The minimum atomic E-state index is -0.340. The average molecular weight is 378 g/mol. The summed E-state index contributed by atoms with van der Waals surface area (Å²) in [6.07, 6.45) is 4.10. The third-order valence-corrected chi connectivity index (χ3v) is 4.77. The maximum absolute atomic E-state index is 12.3. The highest BCUT2D eigenvalue weighted by Crippen LogP contribution is 2.27. The van der Waals surface area contributed by atoms with Crippen LogP contribution in [0.15, 0.2) is 48.7 Å². The zero-order valence-electron chi connectivity index (χ0n) is 15.9. The molecule has 7 heteroatoms. The molecule has 2 heterocycles. The van der Waals surface area contributed by atoms with Crippen molar-refractivity contribution in [3.63, 3.8) is 0 Å². The number of benzene rings is 2. The van der Waals surface area contributed by atoms with E-state index in [2.05, 4.69) is 20.2 Å². The number of rotatable bonds is 5. The monoisotopic (exact) mass is 378 g/mol. The summed E-state index contributed by atoms with van der Waals surface area (Å²) in [4.78, 5) is 16.8. The summed E-state index contributed by atoms with van der Waals surface area (Å²) in [7, 11) is 3.13. The first-order chi connectivity index (χ1) is 13.7. The minimum absolute atomic E-state index is 0.340. The van der Waals surface area contributed by atoms with Crippen molar-refractivity contribution in [1.29, 1.82) is 0 Å². The first-order valence-corrected chi connectivity index (χ1v) is 9.12. The summed E-state index contributed by atoms with van der Waals surface area (Å²) in [5.74, 6) is 2.35. The number of imidazole rings is 1. The lowest BCUT2D eigenvalue weighted by molar-refractivity contribution is 0.262. The van der Waals surface area contributed by atoms with Crippen molar-refractivity contribution in [2.75, 3.05) is 24.9 Å². The SMILES string of the molecule is COc1cc(NC(=O)Nc2ccc(-c3cnc4n3CCC4)cc2)cc(OC)c1. The van der Waals surface area contributed by atoms with E-state index in [1.54, 1.807) is 32.4 Å². The van der Waals surface area contributed by atoms with Crippen molar-refractivity contribution >= 4 is 17.4 Å². The molecular weight excluding hydrogens is 356 g/mol. The van der Waals surface area contributed by atoms with Crippen molar-refractivity contribution in [2.45, 2.75) is 19.4 Å². The van der Waals surface area contributed by atoms with Gasteiger partial charge in [0.2, 0.25) is 0 Å². The topological polar surface area (TPSA) is 77.4 Å². The highest BCUT2D eigenvalue weighted by atomic mass is 16.5. The molecule has 144 valence electrons. The van der Waals surface area contributed by atoms with E-state index in [0.717, 1.165) is 36.5 Å². The molecule has 4 rings (SSSR count).